The fourth-order valence-electron chi connectivity index (χ4n) is 3.43. The van der Waals surface area contributed by atoms with Crippen LogP contribution in [0, 0.1) is 0 Å². The van der Waals surface area contributed by atoms with Crippen molar-refractivity contribution < 1.29 is 14.3 Å². The maximum Gasteiger partial charge on any atom is 0.250 e. The zero-order valence-corrected chi connectivity index (χ0v) is 22.6. The van der Waals surface area contributed by atoms with Crippen molar-refractivity contribution in [1.29, 1.82) is 0 Å². The van der Waals surface area contributed by atoms with Gasteiger partial charge in [-0.2, -0.15) is 5.10 Å². The number of aromatic nitrogens is 3. The van der Waals surface area contributed by atoms with Crippen molar-refractivity contribution in [3.8, 4) is 28.6 Å². The van der Waals surface area contributed by atoms with Gasteiger partial charge < -0.3 is 9.47 Å². The molecule has 190 valence electrons. The maximum absolute atomic E-state index is 12.6. The van der Waals surface area contributed by atoms with Crippen LogP contribution in [0.15, 0.2) is 77.0 Å². The van der Waals surface area contributed by atoms with E-state index in [1.54, 1.807) is 39.3 Å². The van der Waals surface area contributed by atoms with E-state index in [2.05, 4.69) is 20.7 Å². The second kappa shape index (κ2) is 12.1. The molecule has 11 heteroatoms. The molecule has 0 aliphatic carbocycles. The molecule has 0 spiro atoms. The fraction of sp³-hybridized carbons (Fsp3) is 0.154. The normalized spacial score (nSPS) is 11.3. The number of hydrogen-bond donors (Lipinski definition) is 1. The lowest BCUT2D eigenvalue weighted by atomic mass is 10.1. The summed E-state index contributed by atoms with van der Waals surface area (Å²) in [5.41, 5.74) is 5.57. The highest BCUT2D eigenvalue weighted by molar-refractivity contribution is 7.99. The monoisotopic (exact) mass is 555 g/mol. The van der Waals surface area contributed by atoms with Gasteiger partial charge in [0.05, 0.1) is 35.7 Å². The molecule has 0 bridgehead atoms. The van der Waals surface area contributed by atoms with Crippen LogP contribution in [0.4, 0.5) is 0 Å². The highest BCUT2D eigenvalue weighted by Crippen LogP contribution is 2.34. The SMILES string of the molecule is COc1ccc(-c2nnc(SCC(=O)N/N=C(\C)c3ccc(Cl)c(Cl)c3)n2-c2ccccc2)cc1OC. The Morgan fingerprint density at radius 1 is 0.973 bits per heavy atom. The van der Waals surface area contributed by atoms with E-state index in [0.29, 0.717) is 38.2 Å². The number of amides is 1. The third-order valence-corrected chi connectivity index (χ3v) is 6.98. The molecule has 1 N–H and O–H groups in total. The van der Waals surface area contributed by atoms with Crippen LogP contribution in [-0.2, 0) is 4.79 Å². The van der Waals surface area contributed by atoms with Gasteiger partial charge in [0, 0.05) is 11.3 Å². The molecule has 0 radical (unpaired) electrons. The predicted octanol–water partition coefficient (Wildman–Crippen LogP) is 5.89. The van der Waals surface area contributed by atoms with Gasteiger partial charge in [0.2, 0.25) is 0 Å². The van der Waals surface area contributed by atoms with E-state index in [4.69, 9.17) is 32.7 Å². The second-order valence-electron chi connectivity index (χ2n) is 7.70. The van der Waals surface area contributed by atoms with E-state index in [1.807, 2.05) is 53.1 Å². The number of para-hydroxylation sites is 1. The molecule has 1 amide bonds. The van der Waals surface area contributed by atoms with E-state index >= 15 is 0 Å². The first-order valence-corrected chi connectivity index (χ1v) is 12.8. The number of nitrogens with zero attached hydrogens (tertiary/aromatic N) is 4. The Kier molecular flexibility index (Phi) is 8.70. The van der Waals surface area contributed by atoms with Crippen LogP contribution in [0.1, 0.15) is 12.5 Å². The van der Waals surface area contributed by atoms with E-state index in [0.717, 1.165) is 16.8 Å². The number of carbonyl (C=O) groups is 1. The number of benzene rings is 3. The molecule has 0 saturated carbocycles. The largest absolute Gasteiger partial charge is 0.493 e. The number of thioether (sulfide) groups is 1. The zero-order chi connectivity index (χ0) is 26.4. The Morgan fingerprint density at radius 3 is 2.43 bits per heavy atom. The number of rotatable bonds is 9. The van der Waals surface area contributed by atoms with Crippen LogP contribution in [0.25, 0.3) is 17.1 Å². The molecule has 4 rings (SSSR count). The molecule has 1 heterocycles. The van der Waals surface area contributed by atoms with Crippen molar-refractivity contribution >= 4 is 46.6 Å². The van der Waals surface area contributed by atoms with Crippen LogP contribution in [0.2, 0.25) is 10.0 Å². The molecule has 0 saturated heterocycles. The predicted molar refractivity (Wildman–Crippen MR) is 147 cm³/mol. The van der Waals surface area contributed by atoms with Crippen LogP contribution < -0.4 is 14.9 Å². The summed E-state index contributed by atoms with van der Waals surface area (Å²) in [7, 11) is 3.16. The number of methoxy groups -OCH3 is 2. The van der Waals surface area contributed by atoms with E-state index in [9.17, 15) is 4.79 Å². The standard InChI is InChI=1S/C26H23Cl2N5O3S/c1-16(17-9-11-20(27)21(28)13-17)29-30-24(34)15-37-26-32-31-25(33(26)19-7-5-4-6-8-19)18-10-12-22(35-2)23(14-18)36-3/h4-14H,15H2,1-3H3,(H,30,34)/b29-16+. The molecule has 37 heavy (non-hydrogen) atoms. The third-order valence-electron chi connectivity index (χ3n) is 5.31. The lowest BCUT2D eigenvalue weighted by Crippen LogP contribution is -2.21. The fourth-order valence-corrected chi connectivity index (χ4v) is 4.47. The molecule has 0 fully saturated rings. The zero-order valence-electron chi connectivity index (χ0n) is 20.2. The molecule has 4 aromatic rings. The first-order valence-electron chi connectivity index (χ1n) is 11.1. The Labute approximate surface area is 228 Å². The van der Waals surface area contributed by atoms with Crippen molar-refractivity contribution in [3.05, 3.63) is 82.3 Å². The maximum atomic E-state index is 12.6. The van der Waals surface area contributed by atoms with E-state index < -0.39 is 0 Å². The molecule has 8 nitrogen and oxygen atoms in total. The van der Waals surface area contributed by atoms with Gasteiger partial charge in [-0.1, -0.05) is 59.2 Å². The molecule has 0 aliphatic heterocycles. The Bertz CT molecular complexity index is 1440. The van der Waals surface area contributed by atoms with Crippen molar-refractivity contribution in [1.82, 2.24) is 20.2 Å². The van der Waals surface area contributed by atoms with Gasteiger partial charge in [-0.05, 0) is 55.0 Å². The van der Waals surface area contributed by atoms with Crippen LogP contribution >= 0.6 is 35.0 Å². The first kappa shape index (κ1) is 26.5. The molecular weight excluding hydrogens is 533 g/mol. The van der Waals surface area contributed by atoms with Crippen molar-refractivity contribution in [3.63, 3.8) is 0 Å². The van der Waals surface area contributed by atoms with E-state index in [-0.39, 0.29) is 11.7 Å². The smallest absolute Gasteiger partial charge is 0.250 e. The number of nitrogens with one attached hydrogen (secondary N) is 1. The number of hydrogen-bond acceptors (Lipinski definition) is 7. The average molecular weight is 556 g/mol. The number of ether oxygens (including phenoxy) is 2. The molecule has 3 aromatic carbocycles. The summed E-state index contributed by atoms with van der Waals surface area (Å²) in [4.78, 5) is 12.6. The summed E-state index contributed by atoms with van der Waals surface area (Å²) >= 11 is 13.3. The van der Waals surface area contributed by atoms with Crippen LogP contribution in [0.3, 0.4) is 0 Å². The molecule has 0 unspecified atom stereocenters. The van der Waals surface area contributed by atoms with Gasteiger partial charge in [-0.25, -0.2) is 5.43 Å². The highest BCUT2D eigenvalue weighted by atomic mass is 35.5. The molecular formula is C26H23Cl2N5O3S. The highest BCUT2D eigenvalue weighted by Gasteiger charge is 2.19. The quantitative estimate of drug-likeness (QED) is 0.157. The minimum Gasteiger partial charge on any atom is -0.493 e. The Morgan fingerprint density at radius 2 is 1.73 bits per heavy atom. The minimum absolute atomic E-state index is 0.0784. The van der Waals surface area contributed by atoms with Crippen molar-refractivity contribution in [2.75, 3.05) is 20.0 Å². The minimum atomic E-state index is -0.292. The average Bonchev–Trinajstić information content (AvgIpc) is 3.36. The van der Waals surface area contributed by atoms with E-state index in [1.165, 1.54) is 11.8 Å². The van der Waals surface area contributed by atoms with Gasteiger partial charge in [0.25, 0.3) is 5.91 Å². The second-order valence-corrected chi connectivity index (χ2v) is 9.45. The summed E-state index contributed by atoms with van der Waals surface area (Å²) in [6.07, 6.45) is 0. The summed E-state index contributed by atoms with van der Waals surface area (Å²) in [5, 5.41) is 14.4. The molecule has 1 aromatic heterocycles. The van der Waals surface area contributed by atoms with Gasteiger partial charge in [0.15, 0.2) is 22.5 Å². The summed E-state index contributed by atoms with van der Waals surface area (Å²) in [6, 6.07) is 20.4. The lowest BCUT2D eigenvalue weighted by Gasteiger charge is -2.12. The van der Waals surface area contributed by atoms with Gasteiger partial charge in [-0.15, -0.1) is 10.2 Å². The summed E-state index contributed by atoms with van der Waals surface area (Å²) in [6.45, 7) is 1.77. The lowest BCUT2D eigenvalue weighted by molar-refractivity contribution is -0.118. The van der Waals surface area contributed by atoms with Crippen LogP contribution in [0.5, 0.6) is 11.5 Å². The number of carbonyl (C=O) groups excluding carboxylic acids is 1. The topological polar surface area (TPSA) is 90.6 Å². The number of halogens is 2. The molecule has 0 aliphatic rings. The Hall–Kier alpha value is -3.53. The summed E-state index contributed by atoms with van der Waals surface area (Å²) < 4.78 is 12.7. The third kappa shape index (κ3) is 6.25. The van der Waals surface area contributed by atoms with Gasteiger partial charge >= 0.3 is 0 Å². The summed E-state index contributed by atoms with van der Waals surface area (Å²) in [5.74, 6) is 1.57. The van der Waals surface area contributed by atoms with Gasteiger partial charge in [-0.3, -0.25) is 9.36 Å². The van der Waals surface area contributed by atoms with Crippen molar-refractivity contribution in [2.45, 2.75) is 12.1 Å². The first-order chi connectivity index (χ1) is 17.9. The van der Waals surface area contributed by atoms with Gasteiger partial charge in [0.1, 0.15) is 0 Å². The Balaban J connectivity index is 1.55. The molecule has 0 atom stereocenters. The van der Waals surface area contributed by atoms with Crippen molar-refractivity contribution in [2.24, 2.45) is 5.10 Å². The number of hydrazone groups is 1. The van der Waals surface area contributed by atoms with Crippen LogP contribution in [-0.4, -0.2) is 46.4 Å².